The number of hydrogen-bond acceptors (Lipinski definition) is 8. The van der Waals surface area contributed by atoms with E-state index in [0.29, 0.717) is 35.3 Å². The van der Waals surface area contributed by atoms with Gasteiger partial charge in [-0.3, -0.25) is 0 Å². The number of methoxy groups -OCH3 is 2. The number of ether oxygens (including phenoxy) is 3. The van der Waals surface area contributed by atoms with Crippen LogP contribution in [0.3, 0.4) is 0 Å². The number of nitrogens with zero attached hydrogens (tertiary/aromatic N) is 4. The standard InChI is InChI=1S/C21H21N5O4/c1-13-18(20(27)29-3)19(26-21(22-13)23-24-25-26)15-9-10-16(17(11-15)28-2)30-12-14-7-5-4-6-8-14/h4-11,19H,12H2,1-3H3,(H,22,23,25)/t19-/m1/s1. The van der Waals surface area contributed by atoms with Gasteiger partial charge in [-0.05, 0) is 40.6 Å². The molecule has 9 nitrogen and oxygen atoms in total. The summed E-state index contributed by atoms with van der Waals surface area (Å²) in [6.07, 6.45) is 0. The lowest BCUT2D eigenvalue weighted by atomic mass is 9.95. The maximum absolute atomic E-state index is 12.5. The van der Waals surface area contributed by atoms with Gasteiger partial charge in [0, 0.05) is 5.70 Å². The molecule has 0 spiro atoms. The maximum Gasteiger partial charge on any atom is 0.338 e. The predicted molar refractivity (Wildman–Crippen MR) is 108 cm³/mol. The number of aromatic nitrogens is 4. The Balaban J connectivity index is 1.70. The SMILES string of the molecule is COC(=O)C1=C(C)Nc2nnnn2[C@@H]1c1ccc(OCc2ccccc2)c(OC)c1. The Morgan fingerprint density at radius 2 is 1.93 bits per heavy atom. The van der Waals surface area contributed by atoms with Gasteiger partial charge in [0.25, 0.3) is 0 Å². The first-order valence-electron chi connectivity index (χ1n) is 9.31. The van der Waals surface area contributed by atoms with Crippen LogP contribution >= 0.6 is 0 Å². The highest BCUT2D eigenvalue weighted by Gasteiger charge is 2.35. The lowest BCUT2D eigenvalue weighted by molar-refractivity contribution is -0.136. The zero-order valence-corrected chi connectivity index (χ0v) is 16.8. The van der Waals surface area contributed by atoms with Crippen molar-refractivity contribution >= 4 is 11.9 Å². The molecule has 1 aliphatic heterocycles. The van der Waals surface area contributed by atoms with Gasteiger partial charge in [0.05, 0.1) is 19.8 Å². The number of carbonyl (C=O) groups excluding carboxylic acids is 1. The van der Waals surface area contributed by atoms with Crippen LogP contribution in [0.4, 0.5) is 5.95 Å². The monoisotopic (exact) mass is 407 g/mol. The fourth-order valence-electron chi connectivity index (χ4n) is 3.40. The molecule has 1 aliphatic rings. The van der Waals surface area contributed by atoms with E-state index in [0.717, 1.165) is 11.1 Å². The molecule has 1 N–H and O–H groups in total. The first-order valence-corrected chi connectivity index (χ1v) is 9.31. The van der Waals surface area contributed by atoms with Gasteiger partial charge in [-0.1, -0.05) is 41.5 Å². The molecule has 2 aromatic carbocycles. The number of allylic oxidation sites excluding steroid dienone is 1. The van der Waals surface area contributed by atoms with Crippen molar-refractivity contribution in [3.05, 3.63) is 70.9 Å². The van der Waals surface area contributed by atoms with Crippen LogP contribution in [0.1, 0.15) is 24.1 Å². The van der Waals surface area contributed by atoms with Crippen LogP contribution in [-0.4, -0.2) is 40.4 Å². The predicted octanol–water partition coefficient (Wildman–Crippen LogP) is 2.72. The van der Waals surface area contributed by atoms with Crippen LogP contribution in [-0.2, 0) is 16.1 Å². The molecule has 0 radical (unpaired) electrons. The Labute approximate surface area is 173 Å². The van der Waals surface area contributed by atoms with Gasteiger partial charge < -0.3 is 19.5 Å². The van der Waals surface area contributed by atoms with Crippen molar-refractivity contribution in [2.75, 3.05) is 19.5 Å². The van der Waals surface area contributed by atoms with Gasteiger partial charge in [-0.15, -0.1) is 0 Å². The number of benzene rings is 2. The Morgan fingerprint density at radius 3 is 2.67 bits per heavy atom. The molecular formula is C21H21N5O4. The minimum Gasteiger partial charge on any atom is -0.493 e. The van der Waals surface area contributed by atoms with E-state index < -0.39 is 12.0 Å². The highest BCUT2D eigenvalue weighted by atomic mass is 16.5. The molecule has 30 heavy (non-hydrogen) atoms. The second kappa shape index (κ2) is 8.24. The molecule has 3 aromatic rings. The summed E-state index contributed by atoms with van der Waals surface area (Å²) >= 11 is 0. The number of rotatable bonds is 6. The van der Waals surface area contributed by atoms with E-state index in [-0.39, 0.29) is 0 Å². The molecule has 0 aliphatic carbocycles. The minimum absolute atomic E-state index is 0.410. The van der Waals surface area contributed by atoms with Crippen LogP contribution < -0.4 is 14.8 Å². The van der Waals surface area contributed by atoms with E-state index in [9.17, 15) is 4.79 Å². The normalized spacial score (nSPS) is 15.2. The minimum atomic E-state index is -0.569. The molecule has 0 fully saturated rings. The Hall–Kier alpha value is -3.88. The van der Waals surface area contributed by atoms with E-state index >= 15 is 0 Å². The van der Waals surface area contributed by atoms with Crippen LogP contribution in [0.25, 0.3) is 0 Å². The van der Waals surface area contributed by atoms with Gasteiger partial charge in [0.15, 0.2) is 11.5 Å². The molecule has 1 aromatic heterocycles. The van der Waals surface area contributed by atoms with Crippen molar-refractivity contribution in [2.45, 2.75) is 19.6 Å². The van der Waals surface area contributed by atoms with E-state index in [1.807, 2.05) is 48.5 Å². The second-order valence-corrected chi connectivity index (χ2v) is 6.69. The quantitative estimate of drug-likeness (QED) is 0.623. The lowest BCUT2D eigenvalue weighted by Gasteiger charge is -2.27. The summed E-state index contributed by atoms with van der Waals surface area (Å²) in [6.45, 7) is 2.19. The topological polar surface area (TPSA) is 100 Å². The number of anilines is 1. The molecule has 154 valence electrons. The fraction of sp³-hybridized carbons (Fsp3) is 0.238. The van der Waals surface area contributed by atoms with Crippen LogP contribution in [0.5, 0.6) is 11.5 Å². The lowest BCUT2D eigenvalue weighted by Crippen LogP contribution is -2.29. The molecular weight excluding hydrogens is 386 g/mol. The average Bonchev–Trinajstić information content (AvgIpc) is 3.24. The zero-order chi connectivity index (χ0) is 21.1. The number of fused-ring (bicyclic) bond motifs is 1. The van der Waals surface area contributed by atoms with Crippen molar-refractivity contribution in [1.82, 2.24) is 20.2 Å². The molecule has 1 atom stereocenters. The summed E-state index contributed by atoms with van der Waals surface area (Å²) in [5, 5.41) is 14.8. The Bertz CT molecular complexity index is 1090. The van der Waals surface area contributed by atoms with Crippen LogP contribution in [0.15, 0.2) is 59.8 Å². The van der Waals surface area contributed by atoms with Crippen molar-refractivity contribution in [1.29, 1.82) is 0 Å². The molecule has 0 saturated heterocycles. The summed E-state index contributed by atoms with van der Waals surface area (Å²) < 4.78 is 18.0. The third kappa shape index (κ3) is 3.57. The summed E-state index contributed by atoms with van der Waals surface area (Å²) in [7, 11) is 2.91. The largest absolute Gasteiger partial charge is 0.493 e. The van der Waals surface area contributed by atoms with Crippen molar-refractivity contribution in [3.8, 4) is 11.5 Å². The van der Waals surface area contributed by atoms with E-state index in [1.54, 1.807) is 18.7 Å². The molecule has 0 amide bonds. The van der Waals surface area contributed by atoms with E-state index in [1.165, 1.54) is 7.11 Å². The van der Waals surface area contributed by atoms with Crippen molar-refractivity contribution in [2.24, 2.45) is 0 Å². The summed E-state index contributed by atoms with van der Waals surface area (Å²) in [5.41, 5.74) is 2.84. The molecule has 0 unspecified atom stereocenters. The van der Waals surface area contributed by atoms with E-state index in [4.69, 9.17) is 14.2 Å². The second-order valence-electron chi connectivity index (χ2n) is 6.69. The van der Waals surface area contributed by atoms with Gasteiger partial charge in [0.1, 0.15) is 12.6 Å². The zero-order valence-electron chi connectivity index (χ0n) is 16.8. The number of carbonyl (C=O) groups is 1. The average molecular weight is 407 g/mol. The number of hydrogen-bond donors (Lipinski definition) is 1. The maximum atomic E-state index is 12.5. The van der Waals surface area contributed by atoms with Gasteiger partial charge in [0.2, 0.25) is 5.95 Å². The smallest absolute Gasteiger partial charge is 0.338 e. The molecule has 0 saturated carbocycles. The first kappa shape index (κ1) is 19.4. The number of tetrazole rings is 1. The number of esters is 1. The van der Waals surface area contributed by atoms with Crippen LogP contribution in [0, 0.1) is 0 Å². The third-order valence-electron chi connectivity index (χ3n) is 4.86. The Kier molecular flexibility index (Phi) is 5.34. The third-order valence-corrected chi connectivity index (χ3v) is 4.86. The van der Waals surface area contributed by atoms with Gasteiger partial charge >= 0.3 is 5.97 Å². The van der Waals surface area contributed by atoms with Crippen LogP contribution in [0.2, 0.25) is 0 Å². The van der Waals surface area contributed by atoms with Crippen molar-refractivity contribution < 1.29 is 19.0 Å². The highest BCUT2D eigenvalue weighted by molar-refractivity contribution is 5.92. The molecule has 4 rings (SSSR count). The van der Waals surface area contributed by atoms with Crippen molar-refractivity contribution in [3.63, 3.8) is 0 Å². The van der Waals surface area contributed by atoms with Gasteiger partial charge in [-0.2, -0.15) is 4.68 Å². The molecule has 9 heteroatoms. The van der Waals surface area contributed by atoms with Gasteiger partial charge in [-0.25, -0.2) is 4.79 Å². The fourth-order valence-corrected chi connectivity index (χ4v) is 3.40. The summed E-state index contributed by atoms with van der Waals surface area (Å²) in [4.78, 5) is 12.5. The summed E-state index contributed by atoms with van der Waals surface area (Å²) in [6, 6.07) is 14.8. The molecule has 2 heterocycles. The Morgan fingerprint density at radius 1 is 1.13 bits per heavy atom. The van der Waals surface area contributed by atoms with E-state index in [2.05, 4.69) is 20.8 Å². The number of nitrogens with one attached hydrogen (secondary N) is 1. The summed E-state index contributed by atoms with van der Waals surface area (Å²) in [5.74, 6) is 1.11. The highest BCUT2D eigenvalue weighted by Crippen LogP contribution is 2.38. The molecule has 0 bridgehead atoms. The first-order chi connectivity index (χ1) is 14.6.